The molecule has 1 aliphatic carbocycles. The van der Waals surface area contributed by atoms with E-state index in [0.29, 0.717) is 12.5 Å². The fourth-order valence-corrected chi connectivity index (χ4v) is 2.47. The zero-order valence-corrected chi connectivity index (χ0v) is 10.9. The number of nitrogens with two attached hydrogens (primary N) is 1. The summed E-state index contributed by atoms with van der Waals surface area (Å²) in [6, 6.07) is 0. The van der Waals surface area contributed by atoms with E-state index in [-0.39, 0.29) is 17.2 Å². The summed E-state index contributed by atoms with van der Waals surface area (Å²) in [6.45, 7) is 7.91. The van der Waals surface area contributed by atoms with E-state index in [9.17, 15) is 4.79 Å². The maximum Gasteiger partial charge on any atom is 0.223 e. The van der Waals surface area contributed by atoms with Gasteiger partial charge in [0.05, 0.1) is 0 Å². The molecule has 0 aromatic heterocycles. The molecule has 0 radical (unpaired) electrons. The highest BCUT2D eigenvalue weighted by atomic mass is 16.1. The summed E-state index contributed by atoms with van der Waals surface area (Å²) < 4.78 is 0. The van der Waals surface area contributed by atoms with Gasteiger partial charge in [0.25, 0.3) is 0 Å². The second-order valence-electron chi connectivity index (χ2n) is 5.94. The van der Waals surface area contributed by atoms with Gasteiger partial charge < -0.3 is 11.1 Å². The summed E-state index contributed by atoms with van der Waals surface area (Å²) in [7, 11) is 0. The maximum atomic E-state index is 12.0. The second kappa shape index (κ2) is 5.67. The third-order valence-electron chi connectivity index (χ3n) is 3.76. The van der Waals surface area contributed by atoms with Gasteiger partial charge in [0, 0.05) is 12.5 Å². The van der Waals surface area contributed by atoms with Gasteiger partial charge in [-0.1, -0.05) is 27.2 Å². The summed E-state index contributed by atoms with van der Waals surface area (Å²) in [5.41, 5.74) is 5.67. The van der Waals surface area contributed by atoms with Crippen molar-refractivity contribution in [1.29, 1.82) is 0 Å². The highest BCUT2D eigenvalue weighted by molar-refractivity contribution is 5.79. The van der Waals surface area contributed by atoms with Gasteiger partial charge in [0.1, 0.15) is 0 Å². The van der Waals surface area contributed by atoms with Crippen LogP contribution >= 0.6 is 0 Å². The molecular formula is C13H26N2O. The minimum atomic E-state index is 0.117. The Morgan fingerprint density at radius 3 is 2.62 bits per heavy atom. The fraction of sp³-hybridized carbons (Fsp3) is 0.923. The van der Waals surface area contributed by atoms with Crippen LogP contribution in [0.3, 0.4) is 0 Å². The zero-order valence-electron chi connectivity index (χ0n) is 10.9. The highest BCUT2D eigenvalue weighted by Crippen LogP contribution is 2.31. The van der Waals surface area contributed by atoms with E-state index in [1.807, 2.05) is 0 Å². The fourth-order valence-electron chi connectivity index (χ4n) is 2.47. The first-order valence-corrected chi connectivity index (χ1v) is 6.44. The van der Waals surface area contributed by atoms with Gasteiger partial charge in [0.2, 0.25) is 5.91 Å². The average molecular weight is 226 g/mol. The number of rotatable bonds is 5. The van der Waals surface area contributed by atoms with Crippen LogP contribution in [-0.4, -0.2) is 19.0 Å². The topological polar surface area (TPSA) is 55.1 Å². The minimum absolute atomic E-state index is 0.117. The molecule has 2 atom stereocenters. The lowest BCUT2D eigenvalue weighted by molar-refractivity contribution is -0.126. The molecule has 0 bridgehead atoms. The first-order chi connectivity index (χ1) is 7.46. The summed E-state index contributed by atoms with van der Waals surface area (Å²) in [5, 5.41) is 3.09. The van der Waals surface area contributed by atoms with E-state index >= 15 is 0 Å². The van der Waals surface area contributed by atoms with E-state index in [1.54, 1.807) is 0 Å². The summed E-state index contributed by atoms with van der Waals surface area (Å²) in [4.78, 5) is 12.0. The van der Waals surface area contributed by atoms with E-state index in [0.717, 1.165) is 19.4 Å². The van der Waals surface area contributed by atoms with Crippen molar-refractivity contribution in [3.8, 4) is 0 Å². The van der Waals surface area contributed by atoms with Crippen LogP contribution in [0.4, 0.5) is 0 Å². The van der Waals surface area contributed by atoms with Gasteiger partial charge in [0.15, 0.2) is 0 Å². The van der Waals surface area contributed by atoms with Crippen molar-refractivity contribution < 1.29 is 4.79 Å². The van der Waals surface area contributed by atoms with Crippen molar-refractivity contribution in [1.82, 2.24) is 5.32 Å². The molecule has 1 fully saturated rings. The molecule has 0 spiro atoms. The van der Waals surface area contributed by atoms with Crippen LogP contribution in [0.1, 0.15) is 46.5 Å². The van der Waals surface area contributed by atoms with Crippen molar-refractivity contribution in [2.75, 3.05) is 13.1 Å². The van der Waals surface area contributed by atoms with Gasteiger partial charge in [-0.15, -0.1) is 0 Å². The Bertz CT molecular complexity index is 238. The molecule has 1 saturated carbocycles. The largest absolute Gasteiger partial charge is 0.355 e. The van der Waals surface area contributed by atoms with Crippen LogP contribution < -0.4 is 11.1 Å². The zero-order chi connectivity index (χ0) is 12.2. The molecule has 1 aliphatic rings. The lowest BCUT2D eigenvalue weighted by atomic mass is 9.88. The molecule has 2 unspecified atom stereocenters. The van der Waals surface area contributed by atoms with Crippen molar-refractivity contribution in [3.05, 3.63) is 0 Å². The summed E-state index contributed by atoms with van der Waals surface area (Å²) >= 11 is 0. The number of amides is 1. The molecule has 1 amide bonds. The van der Waals surface area contributed by atoms with E-state index in [4.69, 9.17) is 5.73 Å². The molecule has 0 aliphatic heterocycles. The van der Waals surface area contributed by atoms with Gasteiger partial charge in [-0.3, -0.25) is 4.79 Å². The predicted octanol–water partition coefficient (Wildman–Crippen LogP) is 1.91. The molecule has 0 heterocycles. The normalized spacial score (nSPS) is 25.8. The van der Waals surface area contributed by atoms with Gasteiger partial charge in [-0.25, -0.2) is 0 Å². The van der Waals surface area contributed by atoms with Gasteiger partial charge in [-0.05, 0) is 37.1 Å². The lowest BCUT2D eigenvalue weighted by Gasteiger charge is -2.25. The third-order valence-corrected chi connectivity index (χ3v) is 3.76. The van der Waals surface area contributed by atoms with Crippen LogP contribution in [0.2, 0.25) is 0 Å². The third kappa shape index (κ3) is 3.78. The standard InChI is InChI=1S/C13H26N2O/c1-10-5-4-6-11(10)12(16)15-9-13(2,3)7-8-14/h10-11H,4-9,14H2,1-3H3,(H,15,16). The second-order valence-corrected chi connectivity index (χ2v) is 5.94. The van der Waals surface area contributed by atoms with Crippen LogP contribution in [0.5, 0.6) is 0 Å². The SMILES string of the molecule is CC1CCCC1C(=O)NCC(C)(C)CCN. The maximum absolute atomic E-state index is 12.0. The predicted molar refractivity (Wildman–Crippen MR) is 67.0 cm³/mol. The van der Waals surface area contributed by atoms with Crippen LogP contribution in [0.25, 0.3) is 0 Å². The molecule has 0 aromatic carbocycles. The van der Waals surface area contributed by atoms with E-state index in [2.05, 4.69) is 26.1 Å². The van der Waals surface area contributed by atoms with Crippen LogP contribution in [0, 0.1) is 17.3 Å². The summed E-state index contributed by atoms with van der Waals surface area (Å²) in [5.74, 6) is 1.04. The van der Waals surface area contributed by atoms with Crippen molar-refractivity contribution >= 4 is 5.91 Å². The number of carbonyl (C=O) groups excluding carboxylic acids is 1. The van der Waals surface area contributed by atoms with Crippen molar-refractivity contribution in [2.45, 2.75) is 46.5 Å². The van der Waals surface area contributed by atoms with E-state index in [1.165, 1.54) is 12.8 Å². The molecule has 0 aromatic rings. The molecule has 94 valence electrons. The smallest absolute Gasteiger partial charge is 0.223 e. The van der Waals surface area contributed by atoms with Crippen LogP contribution in [0.15, 0.2) is 0 Å². The van der Waals surface area contributed by atoms with E-state index < -0.39 is 0 Å². The Morgan fingerprint density at radius 1 is 1.44 bits per heavy atom. The Labute approximate surface area is 99.2 Å². The van der Waals surface area contributed by atoms with Gasteiger partial charge in [-0.2, -0.15) is 0 Å². The average Bonchev–Trinajstić information content (AvgIpc) is 2.61. The van der Waals surface area contributed by atoms with Crippen molar-refractivity contribution in [2.24, 2.45) is 23.0 Å². The Balaban J connectivity index is 2.34. The van der Waals surface area contributed by atoms with Crippen LogP contribution in [-0.2, 0) is 4.79 Å². The number of carbonyl (C=O) groups is 1. The molecule has 16 heavy (non-hydrogen) atoms. The Hall–Kier alpha value is -0.570. The Morgan fingerprint density at radius 2 is 2.12 bits per heavy atom. The number of hydrogen-bond donors (Lipinski definition) is 2. The van der Waals surface area contributed by atoms with Gasteiger partial charge >= 0.3 is 0 Å². The highest BCUT2D eigenvalue weighted by Gasteiger charge is 2.30. The molecule has 0 saturated heterocycles. The molecule has 3 N–H and O–H groups in total. The molecule has 3 heteroatoms. The van der Waals surface area contributed by atoms with Crippen molar-refractivity contribution in [3.63, 3.8) is 0 Å². The molecular weight excluding hydrogens is 200 g/mol. The molecule has 1 rings (SSSR count). The first kappa shape index (κ1) is 13.5. The lowest BCUT2D eigenvalue weighted by Crippen LogP contribution is -2.39. The minimum Gasteiger partial charge on any atom is -0.355 e. The number of nitrogens with one attached hydrogen (secondary N) is 1. The quantitative estimate of drug-likeness (QED) is 0.752. The molecule has 3 nitrogen and oxygen atoms in total. The first-order valence-electron chi connectivity index (χ1n) is 6.44. The Kier molecular flexibility index (Phi) is 4.78. The monoisotopic (exact) mass is 226 g/mol. The summed E-state index contributed by atoms with van der Waals surface area (Å²) in [6.07, 6.45) is 4.41. The number of hydrogen-bond acceptors (Lipinski definition) is 2.